The minimum absolute atomic E-state index is 0.294. The quantitative estimate of drug-likeness (QED) is 0.574. The molecule has 136 valence electrons. The predicted molar refractivity (Wildman–Crippen MR) is 93.1 cm³/mol. The number of nitrogens with zero attached hydrogens (tertiary/aromatic N) is 4. The largest absolute Gasteiger partial charge is 0.573 e. The summed E-state index contributed by atoms with van der Waals surface area (Å²) in [6.45, 7) is 0. The van der Waals surface area contributed by atoms with Crippen LogP contribution in [0.25, 0.3) is 16.7 Å². The molecule has 0 spiro atoms. The zero-order chi connectivity index (χ0) is 18.9. The molecular formula is C18H12F3N5O. The Bertz CT molecular complexity index is 1060. The Morgan fingerprint density at radius 2 is 1.67 bits per heavy atom. The Hall–Kier alpha value is -3.62. The Balaban J connectivity index is 1.61. The molecule has 9 heteroatoms. The normalized spacial score (nSPS) is 11.5. The number of para-hydroxylation sites is 1. The number of anilines is 2. The number of benzene rings is 2. The maximum Gasteiger partial charge on any atom is 0.573 e. The van der Waals surface area contributed by atoms with Crippen LogP contribution in [0, 0.1) is 0 Å². The fourth-order valence-electron chi connectivity index (χ4n) is 2.53. The van der Waals surface area contributed by atoms with Gasteiger partial charge < -0.3 is 10.1 Å². The smallest absolute Gasteiger partial charge is 0.406 e. The van der Waals surface area contributed by atoms with Gasteiger partial charge in [0.1, 0.15) is 17.9 Å². The predicted octanol–water partition coefficient (Wildman–Crippen LogP) is 4.46. The molecule has 0 aliphatic carbocycles. The second-order valence-corrected chi connectivity index (χ2v) is 5.57. The number of ether oxygens (including phenoxy) is 1. The van der Waals surface area contributed by atoms with Crippen molar-refractivity contribution in [3.05, 3.63) is 67.1 Å². The van der Waals surface area contributed by atoms with Gasteiger partial charge in [0.05, 0.1) is 11.1 Å². The van der Waals surface area contributed by atoms with Crippen molar-refractivity contribution < 1.29 is 17.9 Å². The van der Waals surface area contributed by atoms with Gasteiger partial charge in [-0.05, 0) is 36.4 Å². The van der Waals surface area contributed by atoms with E-state index in [4.69, 9.17) is 0 Å². The molecular weight excluding hydrogens is 359 g/mol. The molecule has 0 unspecified atom stereocenters. The van der Waals surface area contributed by atoms with Gasteiger partial charge in [0.2, 0.25) is 0 Å². The van der Waals surface area contributed by atoms with E-state index >= 15 is 0 Å². The maximum absolute atomic E-state index is 12.2. The summed E-state index contributed by atoms with van der Waals surface area (Å²) in [6, 6.07) is 14.9. The minimum Gasteiger partial charge on any atom is -0.406 e. The fourth-order valence-corrected chi connectivity index (χ4v) is 2.53. The summed E-state index contributed by atoms with van der Waals surface area (Å²) < 4.78 is 42.3. The Kier molecular flexibility index (Phi) is 4.11. The van der Waals surface area contributed by atoms with Crippen LogP contribution < -0.4 is 10.1 Å². The summed E-state index contributed by atoms with van der Waals surface area (Å²) >= 11 is 0. The lowest BCUT2D eigenvalue weighted by molar-refractivity contribution is -0.274. The van der Waals surface area contributed by atoms with Crippen molar-refractivity contribution in [2.75, 3.05) is 5.32 Å². The zero-order valence-electron chi connectivity index (χ0n) is 13.7. The van der Waals surface area contributed by atoms with Crippen LogP contribution in [0.15, 0.2) is 67.1 Å². The maximum atomic E-state index is 12.2. The number of alkyl halides is 3. The first-order chi connectivity index (χ1) is 13.0. The van der Waals surface area contributed by atoms with Crippen LogP contribution in [0.1, 0.15) is 0 Å². The highest BCUT2D eigenvalue weighted by Gasteiger charge is 2.30. The molecule has 4 aromatic rings. The minimum atomic E-state index is -4.72. The molecule has 0 aliphatic heterocycles. The highest BCUT2D eigenvalue weighted by molar-refractivity contribution is 5.88. The van der Waals surface area contributed by atoms with E-state index < -0.39 is 6.36 Å². The second kappa shape index (κ2) is 6.60. The molecule has 4 rings (SSSR count). The third-order valence-electron chi connectivity index (χ3n) is 3.69. The van der Waals surface area contributed by atoms with Gasteiger partial charge in [-0.1, -0.05) is 18.2 Å². The van der Waals surface area contributed by atoms with Crippen LogP contribution in [0.4, 0.5) is 24.7 Å². The monoisotopic (exact) mass is 371 g/mol. The van der Waals surface area contributed by atoms with Crippen LogP contribution in [-0.4, -0.2) is 26.1 Å². The third kappa shape index (κ3) is 3.81. The van der Waals surface area contributed by atoms with Crippen molar-refractivity contribution >= 4 is 22.5 Å². The Labute approximate surface area is 151 Å². The Morgan fingerprint density at radius 1 is 0.926 bits per heavy atom. The molecule has 0 saturated carbocycles. The fraction of sp³-hybridized carbons (Fsp3) is 0.0556. The van der Waals surface area contributed by atoms with Gasteiger partial charge in [-0.15, -0.1) is 18.3 Å². The molecule has 2 heterocycles. The van der Waals surface area contributed by atoms with E-state index in [2.05, 4.69) is 25.1 Å². The van der Waals surface area contributed by atoms with Crippen molar-refractivity contribution in [2.24, 2.45) is 0 Å². The number of hydrogen-bond acceptors (Lipinski definition) is 5. The molecule has 0 radical (unpaired) electrons. The summed E-state index contributed by atoms with van der Waals surface area (Å²) in [4.78, 5) is 8.36. The third-order valence-corrected chi connectivity index (χ3v) is 3.69. The standard InChI is InChI=1S/C18H12F3N5O/c19-18(20,21)27-14-8-6-12(7-9-14)24-16-15-10-26(13-4-2-1-3-5-13)25-17(15)23-11-22-16/h1-11H,(H,22,23,24,25). The molecule has 0 aliphatic rings. The van der Waals surface area contributed by atoms with Gasteiger partial charge in [-0.2, -0.15) is 0 Å². The first-order valence-corrected chi connectivity index (χ1v) is 7.86. The molecule has 1 N–H and O–H groups in total. The van der Waals surface area contributed by atoms with Gasteiger partial charge >= 0.3 is 6.36 Å². The highest BCUT2D eigenvalue weighted by Crippen LogP contribution is 2.27. The molecule has 2 aromatic carbocycles. The van der Waals surface area contributed by atoms with Crippen molar-refractivity contribution in [3.63, 3.8) is 0 Å². The molecule has 0 atom stereocenters. The van der Waals surface area contributed by atoms with E-state index in [-0.39, 0.29) is 5.75 Å². The molecule has 2 aromatic heterocycles. The summed E-state index contributed by atoms with van der Waals surface area (Å²) in [5.74, 6) is 0.199. The number of nitrogens with one attached hydrogen (secondary N) is 1. The van der Waals surface area contributed by atoms with E-state index in [1.807, 2.05) is 30.3 Å². The van der Waals surface area contributed by atoms with Crippen LogP contribution in [0.3, 0.4) is 0 Å². The average molecular weight is 371 g/mol. The van der Waals surface area contributed by atoms with Crippen LogP contribution in [0.5, 0.6) is 5.75 Å². The first-order valence-electron chi connectivity index (χ1n) is 7.86. The van der Waals surface area contributed by atoms with E-state index in [9.17, 15) is 13.2 Å². The van der Waals surface area contributed by atoms with Crippen LogP contribution >= 0.6 is 0 Å². The Morgan fingerprint density at radius 3 is 2.37 bits per heavy atom. The highest BCUT2D eigenvalue weighted by atomic mass is 19.4. The number of aromatic nitrogens is 4. The van der Waals surface area contributed by atoms with E-state index in [1.54, 1.807) is 10.9 Å². The lowest BCUT2D eigenvalue weighted by atomic mass is 10.3. The molecule has 0 saturated heterocycles. The first kappa shape index (κ1) is 16.8. The van der Waals surface area contributed by atoms with Gasteiger partial charge in [0.25, 0.3) is 0 Å². The summed E-state index contributed by atoms with van der Waals surface area (Å²) in [7, 11) is 0. The van der Waals surface area contributed by atoms with E-state index in [0.29, 0.717) is 22.5 Å². The number of rotatable bonds is 4. The van der Waals surface area contributed by atoms with E-state index in [1.165, 1.54) is 30.6 Å². The molecule has 6 nitrogen and oxygen atoms in total. The number of fused-ring (bicyclic) bond motifs is 1. The van der Waals surface area contributed by atoms with Gasteiger partial charge in [-0.25, -0.2) is 14.6 Å². The molecule has 0 amide bonds. The summed E-state index contributed by atoms with van der Waals surface area (Å²) in [5, 5.41) is 8.16. The van der Waals surface area contributed by atoms with Crippen molar-refractivity contribution in [3.8, 4) is 11.4 Å². The SMILES string of the molecule is FC(F)(F)Oc1ccc(Nc2ncnc3nn(-c4ccccc4)cc23)cc1. The average Bonchev–Trinajstić information content (AvgIpc) is 3.08. The van der Waals surface area contributed by atoms with Crippen molar-refractivity contribution in [1.29, 1.82) is 0 Å². The molecule has 0 bridgehead atoms. The molecule has 0 fully saturated rings. The van der Waals surface area contributed by atoms with Gasteiger partial charge in [0, 0.05) is 11.9 Å². The van der Waals surface area contributed by atoms with E-state index in [0.717, 1.165) is 5.69 Å². The van der Waals surface area contributed by atoms with Gasteiger partial charge in [0.15, 0.2) is 5.65 Å². The summed E-state index contributed by atoms with van der Waals surface area (Å²) in [5.41, 5.74) is 1.92. The number of hydrogen-bond donors (Lipinski definition) is 1. The lowest BCUT2D eigenvalue weighted by Gasteiger charge is -2.10. The van der Waals surface area contributed by atoms with Crippen LogP contribution in [0.2, 0.25) is 0 Å². The van der Waals surface area contributed by atoms with Crippen LogP contribution in [-0.2, 0) is 0 Å². The molecule has 27 heavy (non-hydrogen) atoms. The van der Waals surface area contributed by atoms with Crippen molar-refractivity contribution in [2.45, 2.75) is 6.36 Å². The van der Waals surface area contributed by atoms with Crippen molar-refractivity contribution in [1.82, 2.24) is 19.7 Å². The second-order valence-electron chi connectivity index (χ2n) is 5.57. The topological polar surface area (TPSA) is 64.9 Å². The number of halogens is 3. The van der Waals surface area contributed by atoms with Gasteiger partial charge in [-0.3, -0.25) is 0 Å². The zero-order valence-corrected chi connectivity index (χ0v) is 13.7. The summed E-state index contributed by atoms with van der Waals surface area (Å²) in [6.07, 6.45) is -1.57. The lowest BCUT2D eigenvalue weighted by Crippen LogP contribution is -2.16.